The first kappa shape index (κ1) is 11.1. The molecule has 2 saturated heterocycles. The van der Waals surface area contributed by atoms with Gasteiger partial charge in [-0.3, -0.25) is 0 Å². The van der Waals surface area contributed by atoms with E-state index in [1.54, 1.807) is 0 Å². The number of nitrogens with one attached hydrogen (secondary N) is 1. The van der Waals surface area contributed by atoms with Crippen molar-refractivity contribution in [3.05, 3.63) is 23.8 Å². The maximum atomic E-state index is 4.77. The number of nitrogens with zero attached hydrogens (tertiary/aromatic N) is 3. The highest BCUT2D eigenvalue weighted by molar-refractivity contribution is 5.13. The summed E-state index contributed by atoms with van der Waals surface area (Å²) in [5, 5.41) is 3.46. The van der Waals surface area contributed by atoms with E-state index in [0.717, 1.165) is 18.9 Å². The van der Waals surface area contributed by atoms with Crippen molar-refractivity contribution in [2.24, 2.45) is 0 Å². The van der Waals surface area contributed by atoms with Crippen molar-refractivity contribution in [1.82, 2.24) is 20.2 Å². The van der Waals surface area contributed by atoms with E-state index < -0.39 is 0 Å². The average Bonchev–Trinajstić information content (AvgIpc) is 3.00. The van der Waals surface area contributed by atoms with Crippen LogP contribution in [0.5, 0.6) is 0 Å². The number of likely N-dealkylation sites (tertiary alicyclic amines) is 1. The lowest BCUT2D eigenvalue weighted by molar-refractivity contribution is 0.410. The van der Waals surface area contributed by atoms with Crippen molar-refractivity contribution in [3.8, 4) is 0 Å². The molecule has 17 heavy (non-hydrogen) atoms. The zero-order valence-electron chi connectivity index (χ0n) is 10.4. The Morgan fingerprint density at radius 3 is 3.06 bits per heavy atom. The lowest BCUT2D eigenvalue weighted by Crippen LogP contribution is -2.18. The van der Waals surface area contributed by atoms with Gasteiger partial charge in [0.1, 0.15) is 5.82 Å². The third kappa shape index (κ3) is 2.33. The van der Waals surface area contributed by atoms with Gasteiger partial charge in [0.05, 0.1) is 6.04 Å². The first-order valence-corrected chi connectivity index (χ1v) is 6.58. The van der Waals surface area contributed by atoms with Crippen LogP contribution in [0.4, 0.5) is 0 Å². The predicted molar refractivity (Wildman–Crippen MR) is 66.9 cm³/mol. The zero-order valence-corrected chi connectivity index (χ0v) is 10.4. The van der Waals surface area contributed by atoms with E-state index in [1.807, 2.05) is 6.20 Å². The van der Waals surface area contributed by atoms with Crippen molar-refractivity contribution in [3.63, 3.8) is 0 Å². The SMILES string of the molecule is CN1CCC(c2ccnc(C3CCCN3)n2)C1. The molecule has 2 aliphatic rings. The van der Waals surface area contributed by atoms with Crippen molar-refractivity contribution in [2.45, 2.75) is 31.2 Å². The third-order valence-corrected chi connectivity index (χ3v) is 3.88. The Labute approximate surface area is 102 Å². The summed E-state index contributed by atoms with van der Waals surface area (Å²) in [5.41, 5.74) is 1.23. The second-order valence-corrected chi connectivity index (χ2v) is 5.24. The second-order valence-electron chi connectivity index (χ2n) is 5.24. The van der Waals surface area contributed by atoms with Crippen molar-refractivity contribution in [1.29, 1.82) is 0 Å². The van der Waals surface area contributed by atoms with Crippen LogP contribution in [0.3, 0.4) is 0 Å². The molecule has 1 aromatic heterocycles. The molecule has 2 fully saturated rings. The lowest BCUT2D eigenvalue weighted by atomic mass is 10.0. The molecule has 2 aliphatic heterocycles. The molecule has 0 amide bonds. The smallest absolute Gasteiger partial charge is 0.145 e. The van der Waals surface area contributed by atoms with Gasteiger partial charge in [-0.1, -0.05) is 0 Å². The third-order valence-electron chi connectivity index (χ3n) is 3.88. The summed E-state index contributed by atoms with van der Waals surface area (Å²) in [6, 6.07) is 2.47. The molecular formula is C13H20N4. The van der Waals surface area contributed by atoms with Gasteiger partial charge in [0.15, 0.2) is 0 Å². The monoisotopic (exact) mass is 232 g/mol. The van der Waals surface area contributed by atoms with E-state index in [2.05, 4.69) is 28.3 Å². The molecule has 0 aliphatic carbocycles. The van der Waals surface area contributed by atoms with Crippen molar-refractivity contribution in [2.75, 3.05) is 26.7 Å². The van der Waals surface area contributed by atoms with Crippen LogP contribution < -0.4 is 5.32 Å². The molecule has 0 bridgehead atoms. The molecule has 0 aromatic carbocycles. The van der Waals surface area contributed by atoms with E-state index in [-0.39, 0.29) is 0 Å². The molecule has 0 saturated carbocycles. The molecule has 92 valence electrons. The molecule has 1 aromatic rings. The minimum absolute atomic E-state index is 0.383. The number of likely N-dealkylation sites (N-methyl/N-ethyl adjacent to an activating group) is 1. The highest BCUT2D eigenvalue weighted by Gasteiger charge is 2.24. The average molecular weight is 232 g/mol. The first-order valence-electron chi connectivity index (χ1n) is 6.58. The number of hydrogen-bond acceptors (Lipinski definition) is 4. The van der Waals surface area contributed by atoms with Crippen LogP contribution in [0.2, 0.25) is 0 Å². The number of rotatable bonds is 2. The summed E-state index contributed by atoms with van der Waals surface area (Å²) in [5.74, 6) is 1.60. The van der Waals surface area contributed by atoms with E-state index in [0.29, 0.717) is 12.0 Å². The summed E-state index contributed by atoms with van der Waals surface area (Å²) in [4.78, 5) is 11.6. The Balaban J connectivity index is 1.78. The Kier molecular flexibility index (Phi) is 3.07. The topological polar surface area (TPSA) is 41.1 Å². The zero-order chi connectivity index (χ0) is 11.7. The summed E-state index contributed by atoms with van der Waals surface area (Å²) < 4.78 is 0. The van der Waals surface area contributed by atoms with Gasteiger partial charge in [-0.15, -0.1) is 0 Å². The summed E-state index contributed by atoms with van der Waals surface area (Å²) in [6.45, 7) is 3.42. The Morgan fingerprint density at radius 1 is 1.41 bits per heavy atom. The molecule has 3 rings (SSSR count). The maximum Gasteiger partial charge on any atom is 0.145 e. The maximum absolute atomic E-state index is 4.77. The summed E-state index contributed by atoms with van der Waals surface area (Å²) in [7, 11) is 2.18. The van der Waals surface area contributed by atoms with Crippen molar-refractivity contribution >= 4 is 0 Å². The van der Waals surface area contributed by atoms with Crippen LogP contribution in [0.15, 0.2) is 12.3 Å². The normalized spacial score (nSPS) is 29.9. The number of aromatic nitrogens is 2. The highest BCUT2D eigenvalue weighted by Crippen LogP contribution is 2.26. The largest absolute Gasteiger partial charge is 0.307 e. The summed E-state index contributed by atoms with van der Waals surface area (Å²) >= 11 is 0. The molecule has 3 heterocycles. The van der Waals surface area contributed by atoms with Crippen LogP contribution in [0.25, 0.3) is 0 Å². The van der Waals surface area contributed by atoms with Crippen LogP contribution in [-0.2, 0) is 0 Å². The van der Waals surface area contributed by atoms with E-state index in [1.165, 1.54) is 31.5 Å². The fraction of sp³-hybridized carbons (Fsp3) is 0.692. The fourth-order valence-electron chi connectivity index (χ4n) is 2.87. The molecule has 2 unspecified atom stereocenters. The molecule has 0 radical (unpaired) electrons. The van der Waals surface area contributed by atoms with Gasteiger partial charge in [0.25, 0.3) is 0 Å². The fourth-order valence-corrected chi connectivity index (χ4v) is 2.87. The minimum atomic E-state index is 0.383. The van der Waals surface area contributed by atoms with Gasteiger partial charge in [-0.05, 0) is 45.5 Å². The Bertz CT molecular complexity index is 387. The van der Waals surface area contributed by atoms with E-state index in [9.17, 15) is 0 Å². The molecule has 0 spiro atoms. The number of hydrogen-bond donors (Lipinski definition) is 1. The van der Waals surface area contributed by atoms with Crippen LogP contribution in [0, 0.1) is 0 Å². The first-order chi connectivity index (χ1) is 8.33. The van der Waals surface area contributed by atoms with Crippen molar-refractivity contribution < 1.29 is 0 Å². The highest BCUT2D eigenvalue weighted by atomic mass is 15.1. The van der Waals surface area contributed by atoms with Crippen LogP contribution in [0.1, 0.15) is 42.7 Å². The quantitative estimate of drug-likeness (QED) is 0.835. The predicted octanol–water partition coefficient (Wildman–Crippen LogP) is 1.32. The standard InChI is InChI=1S/C13H20N4/c1-17-8-5-10(9-17)11-4-7-15-13(16-11)12-3-2-6-14-12/h4,7,10,12,14H,2-3,5-6,8-9H2,1H3. The Morgan fingerprint density at radius 2 is 2.35 bits per heavy atom. The van der Waals surface area contributed by atoms with Gasteiger partial charge >= 0.3 is 0 Å². The van der Waals surface area contributed by atoms with E-state index in [4.69, 9.17) is 4.98 Å². The molecular weight excluding hydrogens is 212 g/mol. The van der Waals surface area contributed by atoms with Gasteiger partial charge in [-0.25, -0.2) is 9.97 Å². The van der Waals surface area contributed by atoms with Gasteiger partial charge in [0.2, 0.25) is 0 Å². The molecule has 4 heteroatoms. The van der Waals surface area contributed by atoms with E-state index >= 15 is 0 Å². The van der Waals surface area contributed by atoms with Crippen LogP contribution >= 0.6 is 0 Å². The molecule has 1 N–H and O–H groups in total. The minimum Gasteiger partial charge on any atom is -0.307 e. The van der Waals surface area contributed by atoms with Gasteiger partial charge in [0, 0.05) is 24.4 Å². The Hall–Kier alpha value is -1.00. The van der Waals surface area contributed by atoms with Gasteiger partial charge < -0.3 is 10.2 Å². The lowest BCUT2D eigenvalue weighted by Gasteiger charge is -2.13. The van der Waals surface area contributed by atoms with Crippen LogP contribution in [-0.4, -0.2) is 41.5 Å². The second kappa shape index (κ2) is 4.70. The molecule has 2 atom stereocenters. The van der Waals surface area contributed by atoms with Gasteiger partial charge in [-0.2, -0.15) is 0 Å². The molecule has 4 nitrogen and oxygen atoms in total. The summed E-state index contributed by atoms with van der Waals surface area (Å²) in [6.07, 6.45) is 5.57.